The summed E-state index contributed by atoms with van der Waals surface area (Å²) < 4.78 is 0. The van der Waals surface area contributed by atoms with E-state index in [1.54, 1.807) is 6.33 Å². The molecular weight excluding hydrogens is 212 g/mol. The topological polar surface area (TPSA) is 41.0 Å². The second kappa shape index (κ2) is 5.00. The van der Waals surface area contributed by atoms with Crippen molar-refractivity contribution < 1.29 is 0 Å². The highest BCUT2D eigenvalue weighted by Crippen LogP contribution is 2.24. The highest BCUT2D eigenvalue weighted by Gasteiger charge is 2.28. The van der Waals surface area contributed by atoms with Crippen LogP contribution in [0.3, 0.4) is 0 Å². The summed E-state index contributed by atoms with van der Waals surface area (Å²) in [5.74, 6) is 1.08. The third-order valence-corrected chi connectivity index (χ3v) is 3.87. The summed E-state index contributed by atoms with van der Waals surface area (Å²) in [4.78, 5) is 11.0. The van der Waals surface area contributed by atoms with Gasteiger partial charge in [-0.2, -0.15) is 0 Å². The molecule has 1 aliphatic rings. The van der Waals surface area contributed by atoms with Gasteiger partial charge in [-0.25, -0.2) is 9.97 Å². The van der Waals surface area contributed by atoms with Crippen LogP contribution >= 0.6 is 0 Å². The Morgan fingerprint density at radius 1 is 1.35 bits per heavy atom. The third-order valence-electron chi connectivity index (χ3n) is 3.87. The first-order valence-corrected chi connectivity index (χ1v) is 6.41. The number of aryl methyl sites for hydroxylation is 1. The molecule has 1 saturated heterocycles. The van der Waals surface area contributed by atoms with Crippen LogP contribution in [0.15, 0.2) is 12.4 Å². The fraction of sp³-hybridized carbons (Fsp3) is 0.692. The lowest BCUT2D eigenvalue weighted by molar-refractivity contribution is 0.304. The molecule has 1 aromatic heterocycles. The Kier molecular flexibility index (Phi) is 3.62. The average molecular weight is 234 g/mol. The van der Waals surface area contributed by atoms with E-state index in [0.717, 1.165) is 43.9 Å². The van der Waals surface area contributed by atoms with Crippen molar-refractivity contribution in [1.29, 1.82) is 0 Å². The maximum Gasteiger partial charge on any atom is 0.132 e. The van der Waals surface area contributed by atoms with Crippen LogP contribution < -0.4 is 10.2 Å². The van der Waals surface area contributed by atoms with Crippen LogP contribution in [-0.2, 0) is 6.42 Å². The number of hydrogen-bond donors (Lipinski definition) is 1. The molecule has 0 unspecified atom stereocenters. The lowest BCUT2D eigenvalue weighted by Crippen LogP contribution is -2.50. The Balaban J connectivity index is 2.05. The van der Waals surface area contributed by atoms with Crippen molar-refractivity contribution in [2.45, 2.75) is 38.6 Å². The zero-order chi connectivity index (χ0) is 12.3. The van der Waals surface area contributed by atoms with Gasteiger partial charge in [-0.05, 0) is 33.2 Å². The number of piperidine rings is 1. The molecule has 0 radical (unpaired) electrons. The second-order valence-electron chi connectivity index (χ2n) is 5.02. The van der Waals surface area contributed by atoms with Crippen molar-refractivity contribution in [3.8, 4) is 0 Å². The van der Waals surface area contributed by atoms with Gasteiger partial charge in [0.15, 0.2) is 0 Å². The smallest absolute Gasteiger partial charge is 0.132 e. The van der Waals surface area contributed by atoms with E-state index < -0.39 is 0 Å². The number of nitrogens with zero attached hydrogens (tertiary/aromatic N) is 3. The quantitative estimate of drug-likeness (QED) is 0.863. The van der Waals surface area contributed by atoms with E-state index in [9.17, 15) is 0 Å². The Bertz CT molecular complexity index is 369. The monoisotopic (exact) mass is 234 g/mol. The van der Waals surface area contributed by atoms with Crippen molar-refractivity contribution in [3.63, 3.8) is 0 Å². The molecule has 0 amide bonds. The molecule has 0 spiro atoms. The van der Waals surface area contributed by atoms with Gasteiger partial charge in [0.05, 0.1) is 0 Å². The SMILES string of the molecule is CCc1cc(N2CCC(C)(NC)CC2)ncn1. The average Bonchev–Trinajstić information content (AvgIpc) is 2.40. The van der Waals surface area contributed by atoms with E-state index in [-0.39, 0.29) is 5.54 Å². The Labute approximate surface area is 103 Å². The minimum absolute atomic E-state index is 0.289. The van der Waals surface area contributed by atoms with Gasteiger partial charge < -0.3 is 10.2 Å². The molecule has 17 heavy (non-hydrogen) atoms. The van der Waals surface area contributed by atoms with Gasteiger partial charge in [0.25, 0.3) is 0 Å². The number of rotatable bonds is 3. The zero-order valence-corrected chi connectivity index (χ0v) is 11.0. The molecular formula is C13H22N4. The molecule has 0 atom stereocenters. The summed E-state index contributed by atoms with van der Waals surface area (Å²) in [6.45, 7) is 6.55. The summed E-state index contributed by atoms with van der Waals surface area (Å²) in [5.41, 5.74) is 1.41. The van der Waals surface area contributed by atoms with Crippen LogP contribution in [0, 0.1) is 0 Å². The van der Waals surface area contributed by atoms with Gasteiger partial charge in [0.1, 0.15) is 12.1 Å². The summed E-state index contributed by atoms with van der Waals surface area (Å²) in [7, 11) is 2.05. The van der Waals surface area contributed by atoms with Crippen molar-refractivity contribution >= 4 is 5.82 Å². The first kappa shape index (κ1) is 12.3. The molecule has 2 rings (SSSR count). The first-order chi connectivity index (χ1) is 8.17. The van der Waals surface area contributed by atoms with E-state index in [0.29, 0.717) is 0 Å². The van der Waals surface area contributed by atoms with Gasteiger partial charge in [0, 0.05) is 30.4 Å². The van der Waals surface area contributed by atoms with Gasteiger partial charge in [-0.15, -0.1) is 0 Å². The summed E-state index contributed by atoms with van der Waals surface area (Å²) in [6.07, 6.45) is 4.97. The predicted molar refractivity (Wildman–Crippen MR) is 70.3 cm³/mol. The second-order valence-corrected chi connectivity index (χ2v) is 5.02. The highest BCUT2D eigenvalue weighted by molar-refractivity contribution is 5.39. The summed E-state index contributed by atoms with van der Waals surface area (Å²) in [5, 5.41) is 3.42. The van der Waals surface area contributed by atoms with Crippen LogP contribution in [0.1, 0.15) is 32.4 Å². The molecule has 4 nitrogen and oxygen atoms in total. The molecule has 1 aliphatic heterocycles. The van der Waals surface area contributed by atoms with Crippen molar-refractivity contribution in [2.75, 3.05) is 25.0 Å². The van der Waals surface area contributed by atoms with Crippen LogP contribution in [0.25, 0.3) is 0 Å². The van der Waals surface area contributed by atoms with E-state index in [1.807, 2.05) is 0 Å². The fourth-order valence-electron chi connectivity index (χ4n) is 2.23. The van der Waals surface area contributed by atoms with E-state index in [4.69, 9.17) is 0 Å². The van der Waals surface area contributed by atoms with Crippen LogP contribution in [-0.4, -0.2) is 35.6 Å². The number of hydrogen-bond acceptors (Lipinski definition) is 4. The minimum Gasteiger partial charge on any atom is -0.356 e. The predicted octanol–water partition coefficient (Wildman–Crippen LogP) is 1.62. The van der Waals surface area contributed by atoms with Crippen molar-refractivity contribution in [3.05, 3.63) is 18.1 Å². The number of anilines is 1. The van der Waals surface area contributed by atoms with Crippen LogP contribution in [0.2, 0.25) is 0 Å². The van der Waals surface area contributed by atoms with Crippen LogP contribution in [0.4, 0.5) is 5.82 Å². The van der Waals surface area contributed by atoms with Gasteiger partial charge in [0.2, 0.25) is 0 Å². The first-order valence-electron chi connectivity index (χ1n) is 6.41. The number of aromatic nitrogens is 2. The molecule has 2 heterocycles. The zero-order valence-electron chi connectivity index (χ0n) is 11.0. The standard InChI is InChI=1S/C13H22N4/c1-4-11-9-12(16-10-15-11)17-7-5-13(2,14-3)6-8-17/h9-10,14H,4-8H2,1-3H3. The Hall–Kier alpha value is -1.16. The molecule has 1 aromatic rings. The largest absolute Gasteiger partial charge is 0.356 e. The van der Waals surface area contributed by atoms with E-state index in [1.165, 1.54) is 0 Å². The highest BCUT2D eigenvalue weighted by atomic mass is 15.2. The minimum atomic E-state index is 0.289. The molecule has 1 fully saturated rings. The molecule has 0 aromatic carbocycles. The molecule has 1 N–H and O–H groups in total. The molecule has 0 saturated carbocycles. The third kappa shape index (κ3) is 2.75. The van der Waals surface area contributed by atoms with Crippen LogP contribution in [0.5, 0.6) is 0 Å². The van der Waals surface area contributed by atoms with Crippen molar-refractivity contribution in [2.24, 2.45) is 0 Å². The van der Waals surface area contributed by atoms with E-state index >= 15 is 0 Å². The van der Waals surface area contributed by atoms with E-state index in [2.05, 4.69) is 47.1 Å². The lowest BCUT2D eigenvalue weighted by atomic mass is 9.90. The molecule has 94 valence electrons. The van der Waals surface area contributed by atoms with Crippen molar-refractivity contribution in [1.82, 2.24) is 15.3 Å². The molecule has 0 bridgehead atoms. The lowest BCUT2D eigenvalue weighted by Gasteiger charge is -2.39. The van der Waals surface area contributed by atoms with Gasteiger partial charge in [-0.3, -0.25) is 0 Å². The molecule has 4 heteroatoms. The van der Waals surface area contributed by atoms with Gasteiger partial charge in [-0.1, -0.05) is 6.92 Å². The maximum atomic E-state index is 4.38. The summed E-state index contributed by atoms with van der Waals surface area (Å²) in [6, 6.07) is 2.11. The van der Waals surface area contributed by atoms with Gasteiger partial charge >= 0.3 is 0 Å². The normalized spacial score (nSPS) is 19.4. The fourth-order valence-corrected chi connectivity index (χ4v) is 2.23. The molecule has 0 aliphatic carbocycles. The Morgan fingerprint density at radius 3 is 2.65 bits per heavy atom. The number of nitrogens with one attached hydrogen (secondary N) is 1. The summed E-state index contributed by atoms with van der Waals surface area (Å²) >= 11 is 0. The maximum absolute atomic E-state index is 4.38. The Morgan fingerprint density at radius 2 is 2.06 bits per heavy atom.